The van der Waals surface area contributed by atoms with Gasteiger partial charge in [0.1, 0.15) is 0 Å². The van der Waals surface area contributed by atoms with Gasteiger partial charge >= 0.3 is 0 Å². The van der Waals surface area contributed by atoms with Gasteiger partial charge in [-0.1, -0.05) is 20.3 Å². The smallest absolute Gasteiger partial charge is 0.0334 e. The third-order valence-corrected chi connectivity index (χ3v) is 5.29. The van der Waals surface area contributed by atoms with Gasteiger partial charge in [-0.2, -0.15) is 0 Å². The first kappa shape index (κ1) is 13.4. The zero-order chi connectivity index (χ0) is 12.3. The van der Waals surface area contributed by atoms with Gasteiger partial charge in [0.15, 0.2) is 0 Å². The van der Waals surface area contributed by atoms with Crippen LogP contribution in [0.4, 0.5) is 0 Å². The van der Waals surface area contributed by atoms with E-state index < -0.39 is 0 Å². The van der Waals surface area contributed by atoms with Crippen molar-refractivity contribution in [3.05, 3.63) is 0 Å². The highest BCUT2D eigenvalue weighted by atomic mass is 15.2. The van der Waals surface area contributed by atoms with E-state index in [1.54, 1.807) is 0 Å². The molecule has 1 aliphatic carbocycles. The zero-order valence-electron chi connectivity index (χ0n) is 11.8. The Morgan fingerprint density at radius 2 is 1.88 bits per heavy atom. The zero-order valence-corrected chi connectivity index (χ0v) is 11.8. The van der Waals surface area contributed by atoms with E-state index in [1.807, 2.05) is 0 Å². The fourth-order valence-corrected chi connectivity index (χ4v) is 3.96. The molecule has 0 aromatic carbocycles. The van der Waals surface area contributed by atoms with Gasteiger partial charge in [-0.3, -0.25) is 4.90 Å². The van der Waals surface area contributed by atoms with Crippen LogP contribution in [0.3, 0.4) is 0 Å². The van der Waals surface area contributed by atoms with Gasteiger partial charge in [-0.25, -0.2) is 0 Å². The third-order valence-electron chi connectivity index (χ3n) is 5.29. The number of likely N-dealkylation sites (tertiary alicyclic amines) is 1. The van der Waals surface area contributed by atoms with Crippen molar-refractivity contribution in [2.45, 2.75) is 76.8 Å². The molecule has 1 saturated carbocycles. The van der Waals surface area contributed by atoms with Gasteiger partial charge in [0.25, 0.3) is 0 Å². The van der Waals surface area contributed by atoms with Crippen molar-refractivity contribution in [1.29, 1.82) is 0 Å². The molecule has 2 N–H and O–H groups in total. The van der Waals surface area contributed by atoms with Crippen molar-refractivity contribution < 1.29 is 0 Å². The Bertz CT molecular complexity index is 231. The largest absolute Gasteiger partial charge is 0.329 e. The van der Waals surface area contributed by atoms with Crippen molar-refractivity contribution in [1.82, 2.24) is 4.90 Å². The Morgan fingerprint density at radius 1 is 1.18 bits per heavy atom. The van der Waals surface area contributed by atoms with Crippen LogP contribution in [0.5, 0.6) is 0 Å². The van der Waals surface area contributed by atoms with Gasteiger partial charge in [-0.15, -0.1) is 0 Å². The average molecular weight is 238 g/mol. The Kier molecular flexibility index (Phi) is 4.48. The predicted octanol–water partition coefficient (Wildman–Crippen LogP) is 3.16. The molecular weight excluding hydrogens is 208 g/mol. The van der Waals surface area contributed by atoms with E-state index in [0.29, 0.717) is 5.54 Å². The minimum absolute atomic E-state index is 0.355. The number of hydrogen-bond acceptors (Lipinski definition) is 2. The van der Waals surface area contributed by atoms with E-state index in [2.05, 4.69) is 18.7 Å². The highest BCUT2D eigenvalue weighted by Gasteiger charge is 2.41. The monoisotopic (exact) mass is 238 g/mol. The van der Waals surface area contributed by atoms with Gasteiger partial charge < -0.3 is 5.73 Å². The normalized spacial score (nSPS) is 40.4. The molecule has 2 aliphatic rings. The van der Waals surface area contributed by atoms with Crippen LogP contribution >= 0.6 is 0 Å². The lowest BCUT2D eigenvalue weighted by Gasteiger charge is -2.52. The topological polar surface area (TPSA) is 29.3 Å². The standard InChI is InChI=1S/C15H30N2/c1-3-14-6-4-5-11-17(14)15(12-16)9-7-13(2)8-10-15/h13-14H,3-12,16H2,1-2H3. The molecule has 2 nitrogen and oxygen atoms in total. The quantitative estimate of drug-likeness (QED) is 0.818. The minimum atomic E-state index is 0.355. The summed E-state index contributed by atoms with van der Waals surface area (Å²) >= 11 is 0. The molecule has 0 aromatic heterocycles. The lowest BCUT2D eigenvalue weighted by atomic mass is 9.74. The lowest BCUT2D eigenvalue weighted by Crippen LogP contribution is -2.60. The predicted molar refractivity (Wildman–Crippen MR) is 74.1 cm³/mol. The van der Waals surface area contributed by atoms with Crippen LogP contribution < -0.4 is 5.73 Å². The second kappa shape index (κ2) is 5.71. The first-order valence-corrected chi connectivity index (χ1v) is 7.68. The van der Waals surface area contributed by atoms with Crippen molar-refractivity contribution in [2.24, 2.45) is 11.7 Å². The van der Waals surface area contributed by atoms with Crippen molar-refractivity contribution in [2.75, 3.05) is 13.1 Å². The maximum Gasteiger partial charge on any atom is 0.0334 e. The van der Waals surface area contributed by atoms with Crippen LogP contribution in [-0.2, 0) is 0 Å². The second-order valence-electron chi connectivity index (χ2n) is 6.36. The Labute approximate surface area is 107 Å². The molecule has 2 fully saturated rings. The van der Waals surface area contributed by atoms with Crippen molar-refractivity contribution >= 4 is 0 Å². The van der Waals surface area contributed by atoms with Crippen LogP contribution in [0.1, 0.15) is 65.2 Å². The molecule has 2 heteroatoms. The molecule has 0 amide bonds. The van der Waals surface area contributed by atoms with E-state index in [4.69, 9.17) is 5.73 Å². The fourth-order valence-electron chi connectivity index (χ4n) is 3.96. The summed E-state index contributed by atoms with van der Waals surface area (Å²) in [7, 11) is 0. The number of rotatable bonds is 3. The summed E-state index contributed by atoms with van der Waals surface area (Å²) < 4.78 is 0. The molecule has 0 aromatic rings. The average Bonchev–Trinajstić information content (AvgIpc) is 2.40. The van der Waals surface area contributed by atoms with Crippen molar-refractivity contribution in [3.63, 3.8) is 0 Å². The molecule has 1 unspecified atom stereocenters. The SMILES string of the molecule is CCC1CCCCN1C1(CN)CCC(C)CC1. The van der Waals surface area contributed by atoms with Gasteiger partial charge in [0.2, 0.25) is 0 Å². The molecule has 100 valence electrons. The Balaban J connectivity index is 2.09. The van der Waals surface area contributed by atoms with E-state index in [9.17, 15) is 0 Å². The van der Waals surface area contributed by atoms with E-state index in [0.717, 1.165) is 18.5 Å². The fraction of sp³-hybridized carbons (Fsp3) is 1.00. The summed E-state index contributed by atoms with van der Waals surface area (Å²) in [4.78, 5) is 2.81. The molecule has 0 radical (unpaired) electrons. The van der Waals surface area contributed by atoms with Crippen LogP contribution in [0.2, 0.25) is 0 Å². The maximum atomic E-state index is 6.19. The van der Waals surface area contributed by atoms with E-state index >= 15 is 0 Å². The second-order valence-corrected chi connectivity index (χ2v) is 6.36. The van der Waals surface area contributed by atoms with Crippen molar-refractivity contribution in [3.8, 4) is 0 Å². The van der Waals surface area contributed by atoms with Crippen LogP contribution in [-0.4, -0.2) is 29.6 Å². The Morgan fingerprint density at radius 3 is 2.47 bits per heavy atom. The number of nitrogens with zero attached hydrogens (tertiary/aromatic N) is 1. The number of piperidine rings is 1. The molecular formula is C15H30N2. The lowest BCUT2D eigenvalue weighted by molar-refractivity contribution is -0.0116. The summed E-state index contributed by atoms with van der Waals surface area (Å²) in [5.41, 5.74) is 6.54. The molecule has 0 bridgehead atoms. The first-order valence-electron chi connectivity index (χ1n) is 7.68. The van der Waals surface area contributed by atoms with Crippen LogP contribution in [0.25, 0.3) is 0 Å². The van der Waals surface area contributed by atoms with Crippen LogP contribution in [0.15, 0.2) is 0 Å². The summed E-state index contributed by atoms with van der Waals surface area (Å²) in [6.45, 7) is 6.91. The molecule has 1 atom stereocenters. The summed E-state index contributed by atoms with van der Waals surface area (Å²) in [5, 5.41) is 0. The molecule has 0 spiro atoms. The third kappa shape index (κ3) is 2.68. The number of hydrogen-bond donors (Lipinski definition) is 1. The van der Waals surface area contributed by atoms with Gasteiger partial charge in [0.05, 0.1) is 0 Å². The highest BCUT2D eigenvalue weighted by Crippen LogP contribution is 2.39. The molecule has 1 aliphatic heterocycles. The maximum absolute atomic E-state index is 6.19. The molecule has 17 heavy (non-hydrogen) atoms. The summed E-state index contributed by atoms with van der Waals surface area (Å²) in [5.74, 6) is 0.916. The molecule has 1 heterocycles. The van der Waals surface area contributed by atoms with E-state index in [1.165, 1.54) is 57.9 Å². The minimum Gasteiger partial charge on any atom is -0.329 e. The molecule has 2 rings (SSSR count). The van der Waals surface area contributed by atoms with E-state index in [-0.39, 0.29) is 0 Å². The molecule has 1 saturated heterocycles. The first-order chi connectivity index (χ1) is 8.22. The van der Waals surface area contributed by atoms with Crippen LogP contribution in [0, 0.1) is 5.92 Å². The highest BCUT2D eigenvalue weighted by molar-refractivity contribution is 4.98. The van der Waals surface area contributed by atoms with Gasteiger partial charge in [0, 0.05) is 18.1 Å². The Hall–Kier alpha value is -0.0800. The van der Waals surface area contributed by atoms with Gasteiger partial charge in [-0.05, 0) is 57.4 Å². The summed E-state index contributed by atoms with van der Waals surface area (Å²) in [6.07, 6.45) is 10.9. The number of nitrogens with two attached hydrogens (primary N) is 1. The summed E-state index contributed by atoms with van der Waals surface area (Å²) in [6, 6.07) is 0.806.